The summed E-state index contributed by atoms with van der Waals surface area (Å²) in [4.78, 5) is 13.6. The minimum atomic E-state index is -0.137. The van der Waals surface area contributed by atoms with Crippen LogP contribution in [0.1, 0.15) is 12.6 Å². The first kappa shape index (κ1) is 19.5. The Balaban J connectivity index is 2.02. The van der Waals surface area contributed by atoms with Gasteiger partial charge in [0.25, 0.3) is 5.56 Å². The Hall–Kier alpha value is -2.77. The predicted molar refractivity (Wildman–Crippen MR) is 118 cm³/mol. The fraction of sp³-hybridized carbons (Fsp3) is 0.190. The largest absolute Gasteiger partial charge is 0.296 e. The number of para-hydroxylation sites is 1. The second-order valence-electron chi connectivity index (χ2n) is 6.46. The Morgan fingerprint density at radius 1 is 1.03 bits per heavy atom. The second kappa shape index (κ2) is 7.93. The van der Waals surface area contributed by atoms with Gasteiger partial charge in [-0.2, -0.15) is 0 Å². The average molecular weight is 426 g/mol. The van der Waals surface area contributed by atoms with Crippen LogP contribution in [0.15, 0.2) is 64.5 Å². The lowest BCUT2D eigenvalue weighted by Crippen LogP contribution is -2.21. The van der Waals surface area contributed by atoms with Crippen molar-refractivity contribution in [1.82, 2.24) is 24.1 Å². The minimum absolute atomic E-state index is 0.137. The van der Waals surface area contributed by atoms with Crippen LogP contribution in [0.2, 0.25) is 5.02 Å². The molecule has 0 radical (unpaired) electrons. The molecule has 8 heteroatoms. The SMILES string of the molecule is CCSc1nnc(-c2ccccc2Cl)n1-c1c(C)n(C)n(-c2ccccc2)c1=O. The molecule has 0 fully saturated rings. The van der Waals surface area contributed by atoms with Gasteiger partial charge in [-0.05, 0) is 36.9 Å². The summed E-state index contributed by atoms with van der Waals surface area (Å²) in [5.74, 6) is 1.36. The zero-order valence-corrected chi connectivity index (χ0v) is 17.9. The molecule has 0 saturated heterocycles. The van der Waals surface area contributed by atoms with Crippen molar-refractivity contribution in [3.63, 3.8) is 0 Å². The van der Waals surface area contributed by atoms with E-state index in [1.165, 1.54) is 11.8 Å². The van der Waals surface area contributed by atoms with Crippen LogP contribution in [0.4, 0.5) is 0 Å². The van der Waals surface area contributed by atoms with E-state index in [0.29, 0.717) is 21.7 Å². The molecule has 0 amide bonds. The molecule has 0 bridgehead atoms. The lowest BCUT2D eigenvalue weighted by Gasteiger charge is -2.09. The quantitative estimate of drug-likeness (QED) is 0.442. The highest BCUT2D eigenvalue weighted by Crippen LogP contribution is 2.32. The van der Waals surface area contributed by atoms with Gasteiger partial charge in [0.15, 0.2) is 11.0 Å². The Bertz CT molecular complexity index is 1230. The van der Waals surface area contributed by atoms with Crippen LogP contribution in [0, 0.1) is 6.92 Å². The van der Waals surface area contributed by atoms with E-state index in [2.05, 4.69) is 10.2 Å². The fourth-order valence-corrected chi connectivity index (χ4v) is 4.21. The number of nitrogens with zero attached hydrogens (tertiary/aromatic N) is 5. The molecule has 29 heavy (non-hydrogen) atoms. The average Bonchev–Trinajstić information content (AvgIpc) is 3.21. The standard InChI is InChI=1S/C21H20ClN5OS/c1-4-29-21-24-23-19(16-12-8-9-13-17(16)22)26(21)18-14(2)25(3)27(20(18)28)15-10-6-5-7-11-15/h5-13H,4H2,1-3H3. The molecule has 4 aromatic rings. The van der Waals surface area contributed by atoms with Crippen LogP contribution >= 0.6 is 23.4 Å². The highest BCUT2D eigenvalue weighted by Gasteiger charge is 2.25. The molecule has 148 valence electrons. The maximum Gasteiger partial charge on any atom is 0.296 e. The molecule has 0 saturated carbocycles. The molecule has 0 N–H and O–H groups in total. The molecule has 2 aromatic carbocycles. The Kier molecular flexibility index (Phi) is 5.34. The van der Waals surface area contributed by atoms with Gasteiger partial charge >= 0.3 is 0 Å². The zero-order chi connectivity index (χ0) is 20.5. The molecule has 0 unspecified atom stereocenters. The van der Waals surface area contributed by atoms with E-state index in [9.17, 15) is 4.79 Å². The van der Waals surface area contributed by atoms with Gasteiger partial charge in [-0.25, -0.2) is 4.68 Å². The van der Waals surface area contributed by atoms with Crippen molar-refractivity contribution in [2.24, 2.45) is 7.05 Å². The highest BCUT2D eigenvalue weighted by molar-refractivity contribution is 7.99. The summed E-state index contributed by atoms with van der Waals surface area (Å²) >= 11 is 7.98. The minimum Gasteiger partial charge on any atom is -0.283 e. The molecule has 0 aliphatic carbocycles. The first-order valence-corrected chi connectivity index (χ1v) is 10.6. The van der Waals surface area contributed by atoms with Gasteiger partial charge in [-0.1, -0.05) is 60.6 Å². The van der Waals surface area contributed by atoms with Crippen molar-refractivity contribution in [1.29, 1.82) is 0 Å². The first-order chi connectivity index (χ1) is 14.0. The van der Waals surface area contributed by atoms with Crippen molar-refractivity contribution in [2.45, 2.75) is 19.0 Å². The predicted octanol–water partition coefficient (Wildman–Crippen LogP) is 4.50. The molecule has 0 aliphatic rings. The Labute approximate surface area is 177 Å². The molecule has 2 aromatic heterocycles. The molecule has 6 nitrogen and oxygen atoms in total. The third-order valence-corrected chi connectivity index (χ3v) is 5.91. The number of rotatable bonds is 5. The summed E-state index contributed by atoms with van der Waals surface area (Å²) in [6.45, 7) is 3.96. The molecule has 2 heterocycles. The molecule has 0 aliphatic heterocycles. The summed E-state index contributed by atoms with van der Waals surface area (Å²) in [6, 6.07) is 17.0. The molecular weight excluding hydrogens is 406 g/mol. The van der Waals surface area contributed by atoms with E-state index in [1.807, 2.05) is 84.7 Å². The van der Waals surface area contributed by atoms with Crippen LogP contribution < -0.4 is 5.56 Å². The smallest absolute Gasteiger partial charge is 0.283 e. The maximum atomic E-state index is 13.6. The number of aromatic nitrogens is 5. The molecule has 4 rings (SSSR count). The van der Waals surface area contributed by atoms with Crippen LogP contribution in [-0.4, -0.2) is 29.9 Å². The lowest BCUT2D eigenvalue weighted by atomic mass is 10.2. The molecular formula is C21H20ClN5OS. The third kappa shape index (κ3) is 3.30. The van der Waals surface area contributed by atoms with E-state index < -0.39 is 0 Å². The number of benzene rings is 2. The molecule has 0 atom stereocenters. The van der Waals surface area contributed by atoms with E-state index in [4.69, 9.17) is 11.6 Å². The van der Waals surface area contributed by atoms with Crippen LogP contribution in [0.5, 0.6) is 0 Å². The van der Waals surface area contributed by atoms with Gasteiger partial charge in [0.05, 0.1) is 16.4 Å². The highest BCUT2D eigenvalue weighted by atomic mass is 35.5. The van der Waals surface area contributed by atoms with Gasteiger partial charge in [-0.3, -0.25) is 14.0 Å². The van der Waals surface area contributed by atoms with Gasteiger partial charge in [0.2, 0.25) is 0 Å². The van der Waals surface area contributed by atoms with Crippen molar-refractivity contribution in [2.75, 3.05) is 5.75 Å². The van der Waals surface area contributed by atoms with E-state index in [-0.39, 0.29) is 5.56 Å². The Morgan fingerprint density at radius 3 is 2.41 bits per heavy atom. The van der Waals surface area contributed by atoms with Gasteiger partial charge in [0.1, 0.15) is 5.69 Å². The van der Waals surface area contributed by atoms with Gasteiger partial charge < -0.3 is 0 Å². The van der Waals surface area contributed by atoms with Crippen LogP contribution in [-0.2, 0) is 7.05 Å². The monoisotopic (exact) mass is 425 g/mol. The number of thioether (sulfide) groups is 1. The van der Waals surface area contributed by atoms with Crippen molar-refractivity contribution in [3.05, 3.63) is 75.7 Å². The van der Waals surface area contributed by atoms with Crippen molar-refractivity contribution in [3.8, 4) is 22.8 Å². The third-order valence-electron chi connectivity index (χ3n) is 4.77. The second-order valence-corrected chi connectivity index (χ2v) is 8.10. The first-order valence-electron chi connectivity index (χ1n) is 9.22. The maximum absolute atomic E-state index is 13.6. The Morgan fingerprint density at radius 2 is 1.72 bits per heavy atom. The topological polar surface area (TPSA) is 57.6 Å². The summed E-state index contributed by atoms with van der Waals surface area (Å²) in [5, 5.41) is 9.96. The molecule has 0 spiro atoms. The number of hydrogen-bond acceptors (Lipinski definition) is 4. The van der Waals surface area contributed by atoms with E-state index in [1.54, 1.807) is 4.68 Å². The van der Waals surface area contributed by atoms with Gasteiger partial charge in [-0.15, -0.1) is 10.2 Å². The summed E-state index contributed by atoms with van der Waals surface area (Å²) in [6.07, 6.45) is 0. The normalized spacial score (nSPS) is 11.2. The summed E-state index contributed by atoms with van der Waals surface area (Å²) in [5.41, 5.74) is 2.73. The van der Waals surface area contributed by atoms with E-state index in [0.717, 1.165) is 22.7 Å². The van der Waals surface area contributed by atoms with Crippen LogP contribution in [0.25, 0.3) is 22.8 Å². The number of halogens is 1. The van der Waals surface area contributed by atoms with Crippen molar-refractivity contribution >= 4 is 23.4 Å². The number of hydrogen-bond donors (Lipinski definition) is 0. The van der Waals surface area contributed by atoms with Crippen LogP contribution in [0.3, 0.4) is 0 Å². The fourth-order valence-electron chi connectivity index (χ4n) is 3.32. The summed E-state index contributed by atoms with van der Waals surface area (Å²) in [7, 11) is 1.87. The van der Waals surface area contributed by atoms with E-state index >= 15 is 0 Å². The van der Waals surface area contributed by atoms with Crippen molar-refractivity contribution < 1.29 is 0 Å². The zero-order valence-electron chi connectivity index (χ0n) is 16.3. The lowest BCUT2D eigenvalue weighted by molar-refractivity contribution is 0.630. The van der Waals surface area contributed by atoms with Gasteiger partial charge in [0, 0.05) is 12.6 Å². The summed E-state index contributed by atoms with van der Waals surface area (Å²) < 4.78 is 5.33.